The van der Waals surface area contributed by atoms with Crippen molar-refractivity contribution >= 4 is 11.5 Å². The minimum absolute atomic E-state index is 0.133. The van der Waals surface area contributed by atoms with Crippen molar-refractivity contribution in [1.82, 2.24) is 4.98 Å². The van der Waals surface area contributed by atoms with E-state index >= 15 is 0 Å². The van der Waals surface area contributed by atoms with Gasteiger partial charge in [0.15, 0.2) is 0 Å². The molecular formula is C8H9F2N3O2. The number of nitro groups is 1. The van der Waals surface area contributed by atoms with E-state index in [1.165, 1.54) is 12.3 Å². The van der Waals surface area contributed by atoms with Gasteiger partial charge in [0, 0.05) is 12.3 Å². The molecule has 0 fully saturated rings. The van der Waals surface area contributed by atoms with E-state index in [2.05, 4.69) is 10.3 Å². The first kappa shape index (κ1) is 11.3. The molecule has 0 spiro atoms. The fourth-order valence-electron chi connectivity index (χ4n) is 1.00. The van der Waals surface area contributed by atoms with Crippen molar-refractivity contribution < 1.29 is 13.7 Å². The molecule has 15 heavy (non-hydrogen) atoms. The lowest BCUT2D eigenvalue weighted by molar-refractivity contribution is -0.384. The van der Waals surface area contributed by atoms with Crippen LogP contribution in [0.1, 0.15) is 5.56 Å². The van der Waals surface area contributed by atoms with Crippen LogP contribution in [-0.4, -0.2) is 22.9 Å². The van der Waals surface area contributed by atoms with Crippen molar-refractivity contribution in [3.63, 3.8) is 0 Å². The van der Waals surface area contributed by atoms with Crippen LogP contribution >= 0.6 is 0 Å². The van der Waals surface area contributed by atoms with E-state index in [-0.39, 0.29) is 11.5 Å². The number of nitrogens with zero attached hydrogens (tertiary/aromatic N) is 2. The zero-order valence-electron chi connectivity index (χ0n) is 7.91. The standard InChI is InChI=1S/C8H9F2N3O2/c1-5-2-6(13(14)15)8(11-3-5)12-4-7(9)10/h2-3,7H,4H2,1H3,(H,11,12). The maximum absolute atomic E-state index is 11.9. The molecule has 0 aromatic carbocycles. The fourth-order valence-corrected chi connectivity index (χ4v) is 1.00. The Morgan fingerprint density at radius 1 is 1.67 bits per heavy atom. The monoisotopic (exact) mass is 217 g/mol. The second kappa shape index (κ2) is 4.63. The van der Waals surface area contributed by atoms with Crippen LogP contribution in [0, 0.1) is 17.0 Å². The van der Waals surface area contributed by atoms with Crippen LogP contribution in [0.3, 0.4) is 0 Å². The molecule has 0 aliphatic carbocycles. The van der Waals surface area contributed by atoms with E-state index in [1.807, 2.05) is 0 Å². The van der Waals surface area contributed by atoms with Crippen LogP contribution in [0.4, 0.5) is 20.3 Å². The largest absolute Gasteiger partial charge is 0.359 e. The number of pyridine rings is 1. The number of aryl methyl sites for hydroxylation is 1. The van der Waals surface area contributed by atoms with Gasteiger partial charge in [0.05, 0.1) is 11.5 Å². The molecule has 1 rings (SSSR count). The number of hydrogen-bond donors (Lipinski definition) is 1. The molecule has 1 N–H and O–H groups in total. The maximum Gasteiger partial charge on any atom is 0.311 e. The first-order valence-electron chi connectivity index (χ1n) is 4.13. The summed E-state index contributed by atoms with van der Waals surface area (Å²) in [6.45, 7) is 0.980. The van der Waals surface area contributed by atoms with Crippen LogP contribution in [0.15, 0.2) is 12.3 Å². The normalized spacial score (nSPS) is 10.4. The highest BCUT2D eigenvalue weighted by molar-refractivity contribution is 5.56. The average Bonchev–Trinajstić information content (AvgIpc) is 2.15. The molecule has 1 aromatic heterocycles. The van der Waals surface area contributed by atoms with Gasteiger partial charge in [-0.1, -0.05) is 0 Å². The molecule has 7 heteroatoms. The second-order valence-electron chi connectivity index (χ2n) is 2.91. The summed E-state index contributed by atoms with van der Waals surface area (Å²) in [5, 5.41) is 12.8. The molecule has 5 nitrogen and oxygen atoms in total. The van der Waals surface area contributed by atoms with Crippen molar-refractivity contribution in [3.05, 3.63) is 27.9 Å². The molecule has 0 radical (unpaired) electrons. The van der Waals surface area contributed by atoms with Gasteiger partial charge >= 0.3 is 5.69 Å². The maximum atomic E-state index is 11.9. The smallest absolute Gasteiger partial charge is 0.311 e. The van der Waals surface area contributed by atoms with Crippen molar-refractivity contribution in [2.75, 3.05) is 11.9 Å². The molecule has 0 saturated heterocycles. The van der Waals surface area contributed by atoms with E-state index in [0.717, 1.165) is 0 Å². The number of alkyl halides is 2. The molecule has 0 atom stereocenters. The van der Waals surface area contributed by atoms with E-state index in [4.69, 9.17) is 0 Å². The number of halogens is 2. The van der Waals surface area contributed by atoms with Gasteiger partial charge < -0.3 is 5.32 Å². The van der Waals surface area contributed by atoms with Gasteiger partial charge in [-0.2, -0.15) is 0 Å². The summed E-state index contributed by atoms with van der Waals surface area (Å²) < 4.78 is 23.7. The number of hydrogen-bond acceptors (Lipinski definition) is 4. The number of aromatic nitrogens is 1. The van der Waals surface area contributed by atoms with Crippen molar-refractivity contribution in [1.29, 1.82) is 0 Å². The third kappa shape index (κ3) is 3.12. The van der Waals surface area contributed by atoms with Gasteiger partial charge in [0.25, 0.3) is 6.43 Å². The molecule has 0 aliphatic heterocycles. The summed E-state index contributed by atoms with van der Waals surface area (Å²) in [4.78, 5) is 13.6. The summed E-state index contributed by atoms with van der Waals surface area (Å²) in [5.74, 6) is -0.133. The van der Waals surface area contributed by atoms with Crippen LogP contribution in [0.2, 0.25) is 0 Å². The summed E-state index contributed by atoms with van der Waals surface area (Å²) in [6.07, 6.45) is -1.20. The minimum atomic E-state index is -2.58. The van der Waals surface area contributed by atoms with Gasteiger partial charge in [-0.05, 0) is 12.5 Å². The van der Waals surface area contributed by atoms with Gasteiger partial charge in [-0.3, -0.25) is 10.1 Å². The predicted molar refractivity (Wildman–Crippen MR) is 50.1 cm³/mol. The quantitative estimate of drug-likeness (QED) is 0.618. The Morgan fingerprint density at radius 3 is 2.87 bits per heavy atom. The molecule has 1 heterocycles. The fraction of sp³-hybridized carbons (Fsp3) is 0.375. The summed E-state index contributed by atoms with van der Waals surface area (Å²) in [7, 11) is 0. The number of anilines is 1. The van der Waals surface area contributed by atoms with E-state index in [9.17, 15) is 18.9 Å². The lowest BCUT2D eigenvalue weighted by Gasteiger charge is -2.05. The highest BCUT2D eigenvalue weighted by Gasteiger charge is 2.16. The van der Waals surface area contributed by atoms with Crippen LogP contribution in [0.25, 0.3) is 0 Å². The molecule has 0 saturated carbocycles. The summed E-state index contributed by atoms with van der Waals surface area (Å²) in [5.41, 5.74) is 0.306. The van der Waals surface area contributed by atoms with Crippen molar-refractivity contribution in [2.45, 2.75) is 13.3 Å². The number of rotatable bonds is 4. The third-order valence-corrected chi connectivity index (χ3v) is 1.62. The average molecular weight is 217 g/mol. The highest BCUT2D eigenvalue weighted by atomic mass is 19.3. The first-order chi connectivity index (χ1) is 7.00. The lowest BCUT2D eigenvalue weighted by atomic mass is 10.3. The van der Waals surface area contributed by atoms with Gasteiger partial charge in [-0.15, -0.1) is 0 Å². The molecule has 0 unspecified atom stereocenters. The van der Waals surface area contributed by atoms with Crippen LogP contribution in [-0.2, 0) is 0 Å². The molecule has 82 valence electrons. The zero-order valence-corrected chi connectivity index (χ0v) is 7.91. The zero-order chi connectivity index (χ0) is 11.4. The SMILES string of the molecule is Cc1cnc(NCC(F)F)c([N+](=O)[O-])c1. The molecule has 0 aliphatic rings. The first-order valence-corrected chi connectivity index (χ1v) is 4.13. The molecule has 0 amide bonds. The van der Waals surface area contributed by atoms with Crippen LogP contribution < -0.4 is 5.32 Å². The van der Waals surface area contributed by atoms with Crippen molar-refractivity contribution in [3.8, 4) is 0 Å². The Bertz CT molecular complexity index is 371. The number of nitrogens with one attached hydrogen (secondary N) is 1. The van der Waals surface area contributed by atoms with E-state index < -0.39 is 17.9 Å². The van der Waals surface area contributed by atoms with Crippen molar-refractivity contribution in [2.24, 2.45) is 0 Å². The second-order valence-corrected chi connectivity index (χ2v) is 2.91. The van der Waals surface area contributed by atoms with E-state index in [0.29, 0.717) is 5.56 Å². The Labute approximate surface area is 84.3 Å². The molecule has 1 aromatic rings. The third-order valence-electron chi connectivity index (χ3n) is 1.62. The molecular weight excluding hydrogens is 208 g/mol. The van der Waals surface area contributed by atoms with Crippen LogP contribution in [0.5, 0.6) is 0 Å². The van der Waals surface area contributed by atoms with E-state index in [1.54, 1.807) is 6.92 Å². The summed E-state index contributed by atoms with van der Waals surface area (Å²) >= 11 is 0. The lowest BCUT2D eigenvalue weighted by Crippen LogP contribution is -2.12. The minimum Gasteiger partial charge on any atom is -0.359 e. The van der Waals surface area contributed by atoms with Gasteiger partial charge in [0.2, 0.25) is 5.82 Å². The predicted octanol–water partition coefficient (Wildman–Crippen LogP) is 1.98. The summed E-state index contributed by atoms with van der Waals surface area (Å²) in [6, 6.07) is 1.28. The highest BCUT2D eigenvalue weighted by Crippen LogP contribution is 2.22. The Hall–Kier alpha value is -1.79. The Morgan fingerprint density at radius 2 is 2.33 bits per heavy atom. The Kier molecular flexibility index (Phi) is 3.48. The Balaban J connectivity index is 2.91. The topological polar surface area (TPSA) is 68.1 Å². The van der Waals surface area contributed by atoms with Gasteiger partial charge in [-0.25, -0.2) is 13.8 Å². The van der Waals surface area contributed by atoms with Gasteiger partial charge in [0.1, 0.15) is 0 Å². The molecule has 0 bridgehead atoms.